The molecule has 8 heteroatoms. The summed E-state index contributed by atoms with van der Waals surface area (Å²) >= 11 is 0. The highest BCUT2D eigenvalue weighted by Gasteiger charge is 2.55. The third-order valence-electron chi connectivity index (χ3n) is 4.18. The predicted molar refractivity (Wildman–Crippen MR) is 79.5 cm³/mol. The van der Waals surface area contributed by atoms with Crippen LogP contribution in [0.25, 0.3) is 0 Å². The molecule has 0 radical (unpaired) electrons. The van der Waals surface area contributed by atoms with Crippen LogP contribution in [-0.4, -0.2) is 48.8 Å². The third-order valence-corrected chi connectivity index (χ3v) is 5.03. The van der Waals surface area contributed by atoms with E-state index in [1.165, 1.54) is 12.1 Å². The Bertz CT molecular complexity index is 713. The standard InChI is InChI=1S/C15H20O7S/c1-8-4-5-9(23(17,18)19)6-10(8)12-14-13(11(7-16)20-12)21-15(2,3)22-14/h4-6,11-14,16H,7H2,1-3H3,(H,17,18,19)/t11-,12?,13-,14+/m1/s1. The van der Waals surface area contributed by atoms with E-state index in [-0.39, 0.29) is 11.5 Å². The summed E-state index contributed by atoms with van der Waals surface area (Å²) in [6, 6.07) is 4.31. The predicted octanol–water partition coefficient (Wildman–Crippen LogP) is 1.19. The average molecular weight is 344 g/mol. The summed E-state index contributed by atoms with van der Waals surface area (Å²) in [6.07, 6.45) is -2.03. The summed E-state index contributed by atoms with van der Waals surface area (Å²) in [5.74, 6) is -0.806. The Labute approximate surface area is 134 Å². The van der Waals surface area contributed by atoms with E-state index in [0.29, 0.717) is 5.56 Å². The fourth-order valence-corrected chi connectivity index (χ4v) is 3.68. The zero-order chi connectivity index (χ0) is 17.0. The number of fused-ring (bicyclic) bond motifs is 1. The van der Waals surface area contributed by atoms with Crippen molar-refractivity contribution in [3.63, 3.8) is 0 Å². The van der Waals surface area contributed by atoms with Gasteiger partial charge in [0, 0.05) is 0 Å². The second-order valence-electron chi connectivity index (χ2n) is 6.34. The molecule has 128 valence electrons. The lowest BCUT2D eigenvalue weighted by atomic mass is 9.98. The van der Waals surface area contributed by atoms with Crippen molar-refractivity contribution in [1.82, 2.24) is 0 Å². The molecule has 4 atom stereocenters. The normalized spacial score (nSPS) is 32.9. The molecule has 2 heterocycles. The van der Waals surface area contributed by atoms with Crippen molar-refractivity contribution in [3.05, 3.63) is 29.3 Å². The zero-order valence-electron chi connectivity index (χ0n) is 13.1. The van der Waals surface area contributed by atoms with Gasteiger partial charge >= 0.3 is 0 Å². The van der Waals surface area contributed by atoms with E-state index in [2.05, 4.69) is 0 Å². The smallest absolute Gasteiger partial charge is 0.294 e. The number of aliphatic hydroxyl groups excluding tert-OH is 1. The number of hydrogen-bond donors (Lipinski definition) is 2. The number of ether oxygens (including phenoxy) is 3. The van der Waals surface area contributed by atoms with Crippen LogP contribution >= 0.6 is 0 Å². The first kappa shape index (κ1) is 16.8. The largest absolute Gasteiger partial charge is 0.394 e. The average Bonchev–Trinajstić information content (AvgIpc) is 2.91. The van der Waals surface area contributed by atoms with Crippen molar-refractivity contribution < 1.29 is 32.3 Å². The molecule has 0 bridgehead atoms. The number of benzene rings is 1. The molecule has 0 spiro atoms. The Morgan fingerprint density at radius 2 is 1.87 bits per heavy atom. The summed E-state index contributed by atoms with van der Waals surface area (Å²) in [5, 5.41) is 9.50. The first-order chi connectivity index (χ1) is 10.6. The van der Waals surface area contributed by atoms with Crippen LogP contribution in [-0.2, 0) is 24.3 Å². The molecule has 2 fully saturated rings. The molecule has 2 aliphatic heterocycles. The van der Waals surface area contributed by atoms with Crippen LogP contribution in [0.1, 0.15) is 31.1 Å². The van der Waals surface area contributed by atoms with Gasteiger partial charge in [0.2, 0.25) is 0 Å². The maximum absolute atomic E-state index is 11.4. The van der Waals surface area contributed by atoms with Crippen LogP contribution in [0.15, 0.2) is 23.1 Å². The van der Waals surface area contributed by atoms with E-state index in [1.807, 2.05) is 6.92 Å². The Balaban J connectivity index is 2.01. The van der Waals surface area contributed by atoms with Gasteiger partial charge in [-0.1, -0.05) is 6.07 Å². The van der Waals surface area contributed by atoms with Gasteiger partial charge in [0.05, 0.1) is 11.5 Å². The molecule has 0 saturated carbocycles. The summed E-state index contributed by atoms with van der Waals surface area (Å²) in [5.41, 5.74) is 1.39. The molecule has 1 unspecified atom stereocenters. The van der Waals surface area contributed by atoms with Crippen LogP contribution in [0.4, 0.5) is 0 Å². The maximum atomic E-state index is 11.4. The van der Waals surface area contributed by atoms with Gasteiger partial charge in [-0.3, -0.25) is 4.55 Å². The van der Waals surface area contributed by atoms with E-state index in [0.717, 1.165) is 5.56 Å². The van der Waals surface area contributed by atoms with Gasteiger partial charge in [-0.15, -0.1) is 0 Å². The van der Waals surface area contributed by atoms with Crippen molar-refractivity contribution in [2.24, 2.45) is 0 Å². The number of aliphatic hydroxyl groups is 1. The Morgan fingerprint density at radius 1 is 1.22 bits per heavy atom. The Hall–Kier alpha value is -1.03. The van der Waals surface area contributed by atoms with Crippen molar-refractivity contribution in [3.8, 4) is 0 Å². The SMILES string of the molecule is Cc1ccc(S(=O)(=O)O)cc1C1O[C@H](CO)[C@H]2OC(C)(C)O[C@@H]12. The van der Waals surface area contributed by atoms with Gasteiger partial charge in [-0.05, 0) is 44.0 Å². The van der Waals surface area contributed by atoms with Gasteiger partial charge in [-0.2, -0.15) is 8.42 Å². The summed E-state index contributed by atoms with van der Waals surface area (Å²) in [4.78, 5) is -0.205. The van der Waals surface area contributed by atoms with Crippen LogP contribution in [0.2, 0.25) is 0 Å². The highest BCUT2D eigenvalue weighted by Crippen LogP contribution is 2.45. The summed E-state index contributed by atoms with van der Waals surface area (Å²) in [7, 11) is -4.31. The van der Waals surface area contributed by atoms with Crippen molar-refractivity contribution in [2.45, 2.75) is 55.9 Å². The van der Waals surface area contributed by atoms with Crippen LogP contribution in [0, 0.1) is 6.92 Å². The number of aryl methyl sites for hydroxylation is 1. The molecule has 2 aliphatic rings. The first-order valence-electron chi connectivity index (χ1n) is 7.32. The lowest BCUT2D eigenvalue weighted by molar-refractivity contribution is -0.191. The molecule has 7 nitrogen and oxygen atoms in total. The molecule has 0 amide bonds. The zero-order valence-corrected chi connectivity index (χ0v) is 13.9. The molecule has 0 aromatic heterocycles. The molecule has 23 heavy (non-hydrogen) atoms. The van der Waals surface area contributed by atoms with Crippen LogP contribution in [0.5, 0.6) is 0 Å². The van der Waals surface area contributed by atoms with Gasteiger partial charge in [0.15, 0.2) is 5.79 Å². The Kier molecular flexibility index (Phi) is 4.03. The van der Waals surface area contributed by atoms with Crippen LogP contribution in [0.3, 0.4) is 0 Å². The highest BCUT2D eigenvalue weighted by molar-refractivity contribution is 7.85. The second kappa shape index (κ2) is 5.51. The van der Waals surface area contributed by atoms with Gasteiger partial charge in [-0.25, -0.2) is 0 Å². The number of hydrogen-bond acceptors (Lipinski definition) is 6. The van der Waals surface area contributed by atoms with E-state index in [9.17, 15) is 18.1 Å². The van der Waals surface area contributed by atoms with E-state index in [1.54, 1.807) is 19.9 Å². The van der Waals surface area contributed by atoms with Gasteiger partial charge in [0.25, 0.3) is 10.1 Å². The fourth-order valence-electron chi connectivity index (χ4n) is 3.16. The Morgan fingerprint density at radius 3 is 2.48 bits per heavy atom. The maximum Gasteiger partial charge on any atom is 0.294 e. The molecule has 2 saturated heterocycles. The summed E-state index contributed by atoms with van der Waals surface area (Å²) < 4.78 is 49.5. The van der Waals surface area contributed by atoms with E-state index < -0.39 is 40.3 Å². The van der Waals surface area contributed by atoms with Crippen molar-refractivity contribution >= 4 is 10.1 Å². The highest BCUT2D eigenvalue weighted by atomic mass is 32.2. The lowest BCUT2D eigenvalue weighted by Gasteiger charge is -2.24. The fraction of sp³-hybridized carbons (Fsp3) is 0.600. The van der Waals surface area contributed by atoms with Gasteiger partial charge < -0.3 is 19.3 Å². The lowest BCUT2D eigenvalue weighted by Crippen LogP contribution is -2.31. The van der Waals surface area contributed by atoms with E-state index >= 15 is 0 Å². The van der Waals surface area contributed by atoms with E-state index in [4.69, 9.17) is 14.2 Å². The van der Waals surface area contributed by atoms with Gasteiger partial charge in [0.1, 0.15) is 24.4 Å². The minimum Gasteiger partial charge on any atom is -0.394 e. The van der Waals surface area contributed by atoms with Crippen molar-refractivity contribution in [1.29, 1.82) is 0 Å². The quantitative estimate of drug-likeness (QED) is 0.794. The molecular weight excluding hydrogens is 324 g/mol. The van der Waals surface area contributed by atoms with Crippen LogP contribution < -0.4 is 0 Å². The number of rotatable bonds is 3. The molecule has 3 rings (SSSR count). The summed E-state index contributed by atoms with van der Waals surface area (Å²) in [6.45, 7) is 5.14. The monoisotopic (exact) mass is 344 g/mol. The molecule has 1 aromatic rings. The molecule has 2 N–H and O–H groups in total. The third kappa shape index (κ3) is 3.02. The van der Waals surface area contributed by atoms with Crippen molar-refractivity contribution in [2.75, 3.05) is 6.61 Å². The minimum atomic E-state index is -4.31. The molecular formula is C15H20O7S. The topological polar surface area (TPSA) is 102 Å². The second-order valence-corrected chi connectivity index (χ2v) is 7.76. The molecule has 1 aromatic carbocycles. The minimum absolute atomic E-state index is 0.205. The molecule has 0 aliphatic carbocycles. The first-order valence-corrected chi connectivity index (χ1v) is 8.76.